The van der Waals surface area contributed by atoms with E-state index in [2.05, 4.69) is 10.5 Å². The number of benzene rings is 3. The van der Waals surface area contributed by atoms with Gasteiger partial charge in [0.2, 0.25) is 5.13 Å². The molecular weight excluding hydrogens is 461 g/mol. The first kappa shape index (κ1) is 20.7. The van der Waals surface area contributed by atoms with E-state index in [1.165, 1.54) is 23.6 Å². The Kier molecular flexibility index (Phi) is 6.25. The van der Waals surface area contributed by atoms with Gasteiger partial charge in [-0.3, -0.25) is 5.43 Å². The number of hydrazone groups is 1. The van der Waals surface area contributed by atoms with E-state index >= 15 is 0 Å². The minimum absolute atomic E-state index is 0.0856. The summed E-state index contributed by atoms with van der Waals surface area (Å²) in [5.74, 6) is -0.0856. The molecule has 2 N–H and O–H groups in total. The Bertz CT molecular complexity index is 1210. The third kappa shape index (κ3) is 4.60. The number of anilines is 1. The molecule has 8 heteroatoms. The van der Waals surface area contributed by atoms with Gasteiger partial charge in [0.25, 0.3) is 0 Å². The lowest BCUT2D eigenvalue weighted by Crippen LogP contribution is -1.91. The van der Waals surface area contributed by atoms with E-state index in [4.69, 9.17) is 39.8 Å². The second kappa shape index (κ2) is 9.06. The number of halogens is 3. The molecule has 0 aliphatic carbocycles. The Morgan fingerprint density at radius 2 is 1.63 bits per heavy atom. The number of rotatable bonds is 5. The van der Waals surface area contributed by atoms with Crippen molar-refractivity contribution in [2.45, 2.75) is 0 Å². The van der Waals surface area contributed by atoms with Crippen molar-refractivity contribution in [3.05, 3.63) is 87.4 Å². The predicted octanol–water partition coefficient (Wildman–Crippen LogP) is 7.59. The summed E-state index contributed by atoms with van der Waals surface area (Å²) in [6, 6.07) is 20.6. The van der Waals surface area contributed by atoms with Crippen molar-refractivity contribution in [2.24, 2.45) is 5.10 Å². The van der Waals surface area contributed by atoms with Crippen LogP contribution >= 0.6 is 46.1 Å². The van der Waals surface area contributed by atoms with Crippen LogP contribution in [0.3, 0.4) is 0 Å². The lowest BCUT2D eigenvalue weighted by Gasteiger charge is -2.02. The number of hydrogen-bond donors (Lipinski definition) is 2. The molecular formula is C22H14Cl3N3OS. The number of hydrogen-bond acceptors (Lipinski definition) is 5. The summed E-state index contributed by atoms with van der Waals surface area (Å²) in [6.45, 7) is 0. The molecule has 4 aromatic rings. The first-order valence-electron chi connectivity index (χ1n) is 8.80. The molecule has 0 fully saturated rings. The first-order valence-corrected chi connectivity index (χ1v) is 10.8. The monoisotopic (exact) mass is 473 g/mol. The molecule has 4 rings (SSSR count). The van der Waals surface area contributed by atoms with Crippen molar-refractivity contribution in [2.75, 3.05) is 5.43 Å². The highest BCUT2D eigenvalue weighted by Gasteiger charge is 2.15. The minimum Gasteiger partial charge on any atom is -0.506 e. The maximum Gasteiger partial charge on any atom is 0.204 e. The average Bonchev–Trinajstić information content (AvgIpc) is 3.17. The van der Waals surface area contributed by atoms with Crippen LogP contribution in [0.1, 0.15) is 5.56 Å². The standard InChI is InChI=1S/C22H14Cl3N3OS/c23-16-8-6-13(7-9-16)19-21(14-4-2-1-3-5-14)30-22(27-19)28-26-12-15-10-17(24)11-18(25)20(15)29/h1-12,29H,(H,27,28). The highest BCUT2D eigenvalue weighted by molar-refractivity contribution is 7.19. The van der Waals surface area contributed by atoms with Gasteiger partial charge in [-0.15, -0.1) is 0 Å². The predicted molar refractivity (Wildman–Crippen MR) is 127 cm³/mol. The van der Waals surface area contributed by atoms with Crippen LogP contribution in [0.5, 0.6) is 5.75 Å². The van der Waals surface area contributed by atoms with E-state index in [0.717, 1.165) is 21.7 Å². The van der Waals surface area contributed by atoms with Gasteiger partial charge in [0.05, 0.1) is 21.8 Å². The summed E-state index contributed by atoms with van der Waals surface area (Å²) in [5.41, 5.74) is 6.16. The molecule has 4 nitrogen and oxygen atoms in total. The largest absolute Gasteiger partial charge is 0.506 e. The second-order valence-electron chi connectivity index (χ2n) is 6.27. The lowest BCUT2D eigenvalue weighted by molar-refractivity contribution is 0.475. The quantitative estimate of drug-likeness (QED) is 0.231. The number of aromatic hydroxyl groups is 1. The number of phenols is 1. The Labute approximate surface area is 192 Å². The van der Waals surface area contributed by atoms with E-state index < -0.39 is 0 Å². The molecule has 150 valence electrons. The molecule has 0 radical (unpaired) electrons. The summed E-state index contributed by atoms with van der Waals surface area (Å²) in [6.07, 6.45) is 1.44. The van der Waals surface area contributed by atoms with Crippen molar-refractivity contribution in [1.82, 2.24) is 4.98 Å². The third-order valence-electron chi connectivity index (χ3n) is 4.20. The Hall–Kier alpha value is -2.57. The zero-order valence-electron chi connectivity index (χ0n) is 15.3. The maximum absolute atomic E-state index is 10.1. The molecule has 3 aromatic carbocycles. The normalized spacial score (nSPS) is 11.2. The van der Waals surface area contributed by atoms with Gasteiger partial charge in [-0.1, -0.05) is 88.6 Å². The molecule has 30 heavy (non-hydrogen) atoms. The van der Waals surface area contributed by atoms with Crippen molar-refractivity contribution in [3.63, 3.8) is 0 Å². The zero-order chi connectivity index (χ0) is 21.1. The van der Waals surface area contributed by atoms with Crippen LogP contribution in [0.2, 0.25) is 15.1 Å². The molecule has 1 aromatic heterocycles. The fourth-order valence-electron chi connectivity index (χ4n) is 2.80. The van der Waals surface area contributed by atoms with Gasteiger partial charge in [-0.2, -0.15) is 5.10 Å². The minimum atomic E-state index is -0.0856. The van der Waals surface area contributed by atoms with Crippen molar-refractivity contribution < 1.29 is 5.11 Å². The molecule has 0 aliphatic heterocycles. The van der Waals surface area contributed by atoms with Crippen molar-refractivity contribution >= 4 is 57.5 Å². The van der Waals surface area contributed by atoms with E-state index in [-0.39, 0.29) is 10.8 Å². The van der Waals surface area contributed by atoms with Crippen LogP contribution in [-0.4, -0.2) is 16.3 Å². The molecule has 0 unspecified atom stereocenters. The Morgan fingerprint density at radius 1 is 0.900 bits per heavy atom. The fraction of sp³-hybridized carbons (Fsp3) is 0. The van der Waals surface area contributed by atoms with Gasteiger partial charge >= 0.3 is 0 Å². The van der Waals surface area contributed by atoms with Gasteiger partial charge in [-0.05, 0) is 29.8 Å². The second-order valence-corrected chi connectivity index (χ2v) is 8.54. The van der Waals surface area contributed by atoms with E-state index in [0.29, 0.717) is 20.7 Å². The third-order valence-corrected chi connectivity index (χ3v) is 5.97. The molecule has 0 aliphatic rings. The number of aromatic nitrogens is 1. The molecule has 0 saturated carbocycles. The summed E-state index contributed by atoms with van der Waals surface area (Å²) in [5, 5.41) is 16.1. The lowest BCUT2D eigenvalue weighted by atomic mass is 10.1. The molecule has 0 bridgehead atoms. The maximum atomic E-state index is 10.1. The highest BCUT2D eigenvalue weighted by atomic mass is 35.5. The molecule has 0 spiro atoms. The van der Waals surface area contributed by atoms with E-state index in [9.17, 15) is 5.11 Å². The van der Waals surface area contributed by atoms with Gasteiger partial charge in [-0.25, -0.2) is 4.98 Å². The van der Waals surface area contributed by atoms with Crippen molar-refractivity contribution in [1.29, 1.82) is 0 Å². The zero-order valence-corrected chi connectivity index (χ0v) is 18.4. The van der Waals surface area contributed by atoms with Crippen molar-refractivity contribution in [3.8, 4) is 27.4 Å². The number of nitrogens with one attached hydrogen (secondary N) is 1. The molecule has 1 heterocycles. The molecule has 0 saturated heterocycles. The van der Waals surface area contributed by atoms with Crippen LogP contribution in [0, 0.1) is 0 Å². The van der Waals surface area contributed by atoms with Gasteiger partial charge in [0.1, 0.15) is 5.75 Å². The van der Waals surface area contributed by atoms with E-state index in [1.54, 1.807) is 6.07 Å². The highest BCUT2D eigenvalue weighted by Crippen LogP contribution is 2.39. The molecule has 0 amide bonds. The summed E-state index contributed by atoms with van der Waals surface area (Å²) >= 11 is 19.4. The van der Waals surface area contributed by atoms with Crippen LogP contribution in [0.4, 0.5) is 5.13 Å². The Balaban J connectivity index is 1.67. The van der Waals surface area contributed by atoms with Gasteiger partial charge in [0, 0.05) is 21.2 Å². The number of nitrogens with zero attached hydrogens (tertiary/aromatic N) is 2. The Morgan fingerprint density at radius 3 is 2.37 bits per heavy atom. The number of phenolic OH excluding ortho intramolecular Hbond substituents is 1. The first-order chi connectivity index (χ1) is 14.5. The topological polar surface area (TPSA) is 57.5 Å². The number of thiazole rings is 1. The average molecular weight is 475 g/mol. The van der Waals surface area contributed by atoms with Crippen LogP contribution in [-0.2, 0) is 0 Å². The SMILES string of the molecule is Oc1c(Cl)cc(Cl)cc1C=NNc1nc(-c2ccc(Cl)cc2)c(-c2ccccc2)s1. The van der Waals surface area contributed by atoms with Crippen LogP contribution in [0.25, 0.3) is 21.7 Å². The summed E-state index contributed by atoms with van der Waals surface area (Å²) in [7, 11) is 0. The summed E-state index contributed by atoms with van der Waals surface area (Å²) in [4.78, 5) is 5.72. The van der Waals surface area contributed by atoms with Crippen LogP contribution in [0.15, 0.2) is 71.8 Å². The van der Waals surface area contributed by atoms with E-state index in [1.807, 2.05) is 54.6 Å². The fourth-order valence-corrected chi connectivity index (χ4v) is 4.38. The smallest absolute Gasteiger partial charge is 0.204 e. The van der Waals surface area contributed by atoms with Crippen LogP contribution < -0.4 is 5.43 Å². The van der Waals surface area contributed by atoms with Gasteiger partial charge in [0.15, 0.2) is 0 Å². The van der Waals surface area contributed by atoms with Gasteiger partial charge < -0.3 is 5.11 Å². The molecule has 0 atom stereocenters. The summed E-state index contributed by atoms with van der Waals surface area (Å²) < 4.78 is 0.